The Balaban J connectivity index is 1.63. The van der Waals surface area contributed by atoms with E-state index in [1.165, 1.54) is 12.1 Å². The molecule has 1 amide bonds. The number of piperazine rings is 1. The number of alkyl halides is 3. The molecule has 0 saturated carbocycles. The fourth-order valence-corrected chi connectivity index (χ4v) is 4.12. The number of hydrogen-bond donors (Lipinski definition) is 3. The molecule has 198 valence electrons. The molecule has 1 fully saturated rings. The largest absolute Gasteiger partial charge is 0.393 e. The number of halogens is 5. The average Bonchev–Trinajstić information content (AvgIpc) is 2.81. The van der Waals surface area contributed by atoms with E-state index >= 15 is 0 Å². The quantitative estimate of drug-likeness (QED) is 0.308. The lowest BCUT2D eigenvalue weighted by Crippen LogP contribution is -2.47. The number of nitrogens with one attached hydrogen (secondary N) is 2. The summed E-state index contributed by atoms with van der Waals surface area (Å²) in [7, 11) is 0. The number of aliphatic hydroxyl groups is 1. The number of carbonyl (C=O) groups excluding carboxylic acids is 1. The van der Waals surface area contributed by atoms with Gasteiger partial charge in [0, 0.05) is 44.3 Å². The molecule has 3 N–H and O–H groups in total. The average molecular weight is 531 g/mol. The Morgan fingerprint density at radius 2 is 1.86 bits per heavy atom. The van der Waals surface area contributed by atoms with Gasteiger partial charge in [0.2, 0.25) is 0 Å². The fourth-order valence-electron chi connectivity index (χ4n) is 3.96. The van der Waals surface area contributed by atoms with Gasteiger partial charge in [0.1, 0.15) is 5.82 Å². The normalized spacial score (nSPS) is 15.7. The van der Waals surface area contributed by atoms with Gasteiger partial charge in [0.05, 0.1) is 29.5 Å². The lowest BCUT2D eigenvalue weighted by molar-refractivity contribution is -0.138. The van der Waals surface area contributed by atoms with Crippen molar-refractivity contribution in [1.29, 1.82) is 0 Å². The lowest BCUT2D eigenvalue weighted by atomic mass is 10.1. The number of benzene rings is 2. The molecule has 1 saturated heterocycles. The van der Waals surface area contributed by atoms with Crippen LogP contribution in [0.4, 0.5) is 28.9 Å². The van der Waals surface area contributed by atoms with Gasteiger partial charge in [-0.15, -0.1) is 0 Å². The van der Waals surface area contributed by atoms with Gasteiger partial charge < -0.3 is 20.6 Å². The SMILES string of the molecule is CC(O)CCNCc1ccc(C(=O)Nc2ccc(Cl)cc2N2CCN(CCC(F)(F)F)CC2)c(F)c1. The maximum Gasteiger partial charge on any atom is 0.390 e. The molecule has 2 aromatic carbocycles. The van der Waals surface area contributed by atoms with Crippen molar-refractivity contribution in [3.05, 3.63) is 58.4 Å². The number of hydrogen-bond acceptors (Lipinski definition) is 5. The maximum atomic E-state index is 14.7. The number of nitrogens with zero attached hydrogens (tertiary/aromatic N) is 2. The Labute approximate surface area is 213 Å². The van der Waals surface area contributed by atoms with Crippen LogP contribution in [0.5, 0.6) is 0 Å². The van der Waals surface area contributed by atoms with E-state index in [-0.39, 0.29) is 12.1 Å². The minimum absolute atomic E-state index is 0.0537. The lowest BCUT2D eigenvalue weighted by Gasteiger charge is -2.37. The molecule has 1 heterocycles. The topological polar surface area (TPSA) is 67.8 Å². The smallest absolute Gasteiger partial charge is 0.390 e. The second-order valence-electron chi connectivity index (χ2n) is 8.94. The summed E-state index contributed by atoms with van der Waals surface area (Å²) >= 11 is 6.18. The predicted octanol–water partition coefficient (Wildman–Crippen LogP) is 4.67. The van der Waals surface area contributed by atoms with Gasteiger partial charge >= 0.3 is 6.18 Å². The summed E-state index contributed by atoms with van der Waals surface area (Å²) < 4.78 is 52.3. The van der Waals surface area contributed by atoms with Crippen LogP contribution in [0.15, 0.2) is 36.4 Å². The van der Waals surface area contributed by atoms with Crippen molar-refractivity contribution in [1.82, 2.24) is 10.2 Å². The van der Waals surface area contributed by atoms with E-state index < -0.39 is 30.4 Å². The second-order valence-corrected chi connectivity index (χ2v) is 9.37. The highest BCUT2D eigenvalue weighted by Crippen LogP contribution is 2.31. The summed E-state index contributed by atoms with van der Waals surface area (Å²) in [5, 5.41) is 15.6. The summed E-state index contributed by atoms with van der Waals surface area (Å²) in [6.45, 7) is 4.44. The predicted molar refractivity (Wildman–Crippen MR) is 133 cm³/mol. The molecule has 3 rings (SSSR count). The molecular formula is C25H31ClF4N4O2. The highest BCUT2D eigenvalue weighted by molar-refractivity contribution is 6.31. The molecule has 0 aliphatic carbocycles. The second kappa shape index (κ2) is 12.7. The molecule has 2 aromatic rings. The third-order valence-corrected chi connectivity index (χ3v) is 6.21. The first-order valence-electron chi connectivity index (χ1n) is 11.8. The standard InChI is InChI=1S/C25H31ClF4N4O2/c1-17(35)6-8-31-16-18-2-4-20(21(27)14-18)24(36)32-22-5-3-19(26)15-23(22)34-12-10-33(11-13-34)9-7-25(28,29)30/h2-5,14-15,17,31,35H,6-13,16H2,1H3,(H,32,36). The molecule has 0 radical (unpaired) electrons. The highest BCUT2D eigenvalue weighted by Gasteiger charge is 2.29. The van der Waals surface area contributed by atoms with Crippen LogP contribution in [0.25, 0.3) is 0 Å². The summed E-state index contributed by atoms with van der Waals surface area (Å²) in [6, 6.07) is 9.30. The van der Waals surface area contributed by atoms with E-state index in [0.29, 0.717) is 67.7 Å². The van der Waals surface area contributed by atoms with E-state index in [9.17, 15) is 27.5 Å². The Kier molecular flexibility index (Phi) is 9.95. The molecule has 1 atom stereocenters. The van der Waals surface area contributed by atoms with Crippen LogP contribution in [0.3, 0.4) is 0 Å². The van der Waals surface area contributed by atoms with Crippen molar-refractivity contribution in [2.75, 3.05) is 49.5 Å². The first-order valence-corrected chi connectivity index (χ1v) is 12.2. The first kappa shape index (κ1) is 28.2. The van der Waals surface area contributed by atoms with E-state index in [2.05, 4.69) is 10.6 Å². The molecule has 0 bridgehead atoms. The zero-order chi connectivity index (χ0) is 26.3. The van der Waals surface area contributed by atoms with Crippen LogP contribution < -0.4 is 15.5 Å². The van der Waals surface area contributed by atoms with E-state index in [1.807, 2.05) is 4.90 Å². The van der Waals surface area contributed by atoms with Gasteiger partial charge in [-0.2, -0.15) is 13.2 Å². The van der Waals surface area contributed by atoms with Crippen LogP contribution in [0.1, 0.15) is 35.7 Å². The van der Waals surface area contributed by atoms with Gasteiger partial charge in [-0.1, -0.05) is 17.7 Å². The Hall–Kier alpha value is -2.40. The Bertz CT molecular complexity index is 1030. The number of amides is 1. The van der Waals surface area contributed by atoms with E-state index in [4.69, 9.17) is 11.6 Å². The van der Waals surface area contributed by atoms with Gasteiger partial charge in [-0.05, 0) is 55.8 Å². The van der Waals surface area contributed by atoms with Gasteiger partial charge in [-0.25, -0.2) is 4.39 Å². The van der Waals surface area contributed by atoms with E-state index in [0.717, 1.165) is 0 Å². The molecule has 1 aliphatic rings. The van der Waals surface area contributed by atoms with Crippen LogP contribution in [0.2, 0.25) is 5.02 Å². The van der Waals surface area contributed by atoms with Crippen LogP contribution >= 0.6 is 11.6 Å². The third kappa shape index (κ3) is 8.62. The monoisotopic (exact) mass is 530 g/mol. The van der Waals surface area contributed by atoms with Crippen molar-refractivity contribution in [2.24, 2.45) is 0 Å². The molecular weight excluding hydrogens is 500 g/mol. The van der Waals surface area contributed by atoms with Crippen molar-refractivity contribution >= 4 is 28.9 Å². The third-order valence-electron chi connectivity index (χ3n) is 5.98. The number of anilines is 2. The molecule has 0 aromatic heterocycles. The van der Waals surface area contributed by atoms with Gasteiger partial charge in [-0.3, -0.25) is 9.69 Å². The zero-order valence-electron chi connectivity index (χ0n) is 20.0. The maximum absolute atomic E-state index is 14.7. The van der Waals surface area contributed by atoms with Crippen molar-refractivity contribution in [2.45, 2.75) is 38.6 Å². The molecule has 36 heavy (non-hydrogen) atoms. The summed E-state index contributed by atoms with van der Waals surface area (Å²) in [5.74, 6) is -1.27. The minimum atomic E-state index is -4.19. The highest BCUT2D eigenvalue weighted by atomic mass is 35.5. The fraction of sp³-hybridized carbons (Fsp3) is 0.480. The van der Waals surface area contributed by atoms with Gasteiger partial charge in [0.15, 0.2) is 0 Å². The van der Waals surface area contributed by atoms with E-state index in [1.54, 1.807) is 36.1 Å². The molecule has 1 aliphatic heterocycles. The Morgan fingerprint density at radius 1 is 1.14 bits per heavy atom. The van der Waals surface area contributed by atoms with Gasteiger partial charge in [0.25, 0.3) is 5.91 Å². The minimum Gasteiger partial charge on any atom is -0.393 e. The summed E-state index contributed by atoms with van der Waals surface area (Å²) in [5.41, 5.74) is 1.63. The molecule has 6 nitrogen and oxygen atoms in total. The van der Waals surface area contributed by atoms with Crippen molar-refractivity contribution in [3.8, 4) is 0 Å². The van der Waals surface area contributed by atoms with Crippen molar-refractivity contribution in [3.63, 3.8) is 0 Å². The Morgan fingerprint density at radius 3 is 2.50 bits per heavy atom. The number of carbonyl (C=O) groups is 1. The van der Waals surface area contributed by atoms with Crippen LogP contribution in [-0.4, -0.2) is 67.5 Å². The zero-order valence-corrected chi connectivity index (χ0v) is 20.8. The number of rotatable bonds is 10. The molecule has 1 unspecified atom stereocenters. The molecule has 11 heteroatoms. The summed E-state index contributed by atoms with van der Waals surface area (Å²) in [6.07, 6.45) is -4.89. The van der Waals surface area contributed by atoms with Crippen LogP contribution in [0, 0.1) is 5.82 Å². The van der Waals surface area contributed by atoms with Crippen LogP contribution in [-0.2, 0) is 6.54 Å². The molecule has 0 spiro atoms. The number of aliphatic hydroxyl groups excluding tert-OH is 1. The van der Waals surface area contributed by atoms with Crippen molar-refractivity contribution < 1.29 is 27.5 Å². The first-order chi connectivity index (χ1) is 17.0. The summed E-state index contributed by atoms with van der Waals surface area (Å²) in [4.78, 5) is 16.6.